The van der Waals surface area contributed by atoms with Crippen LogP contribution in [0.15, 0.2) is 79.1 Å². The molecule has 158 valence electrons. The van der Waals surface area contributed by atoms with Crippen LogP contribution < -0.4 is 15.4 Å². The zero-order valence-corrected chi connectivity index (χ0v) is 17.0. The molecule has 2 aromatic heterocycles. The summed E-state index contributed by atoms with van der Waals surface area (Å²) in [6.07, 6.45) is 3.97. The van der Waals surface area contributed by atoms with E-state index in [1.54, 1.807) is 53.5 Å². The molecule has 1 aliphatic carbocycles. The number of Topliss-reactive ketones (excluding diaryl/α,β-unsaturated/α-hetero) is 1. The first-order chi connectivity index (χ1) is 15.7. The Balaban J connectivity index is 1.24. The highest BCUT2D eigenvalue weighted by Gasteiger charge is 2.23. The number of benzene rings is 2. The van der Waals surface area contributed by atoms with E-state index in [1.165, 1.54) is 0 Å². The van der Waals surface area contributed by atoms with Crippen molar-refractivity contribution in [1.29, 1.82) is 0 Å². The van der Waals surface area contributed by atoms with Crippen molar-refractivity contribution >= 4 is 23.3 Å². The summed E-state index contributed by atoms with van der Waals surface area (Å²) in [5, 5.41) is 9.86. The number of ether oxygens (including phenoxy) is 1. The molecule has 4 aromatic rings. The first kappa shape index (κ1) is 19.5. The van der Waals surface area contributed by atoms with Crippen molar-refractivity contribution < 1.29 is 14.3 Å². The van der Waals surface area contributed by atoms with Crippen LogP contribution in [0.1, 0.15) is 11.3 Å². The van der Waals surface area contributed by atoms with E-state index in [9.17, 15) is 9.59 Å². The molecule has 0 saturated heterocycles. The fourth-order valence-electron chi connectivity index (χ4n) is 3.58. The number of pyridine rings is 1. The van der Waals surface area contributed by atoms with E-state index in [4.69, 9.17) is 4.74 Å². The predicted molar refractivity (Wildman–Crippen MR) is 119 cm³/mol. The first-order valence-corrected chi connectivity index (χ1v) is 10.1. The Morgan fingerprint density at radius 2 is 1.72 bits per heavy atom. The summed E-state index contributed by atoms with van der Waals surface area (Å²) in [5.74, 6) is 1.93. The molecule has 8 nitrogen and oxygen atoms in total. The number of carbonyl (C=O) groups excluding carboxylic acids is 2. The van der Waals surface area contributed by atoms with Crippen LogP contribution >= 0.6 is 0 Å². The first-order valence-electron chi connectivity index (χ1n) is 10.1. The van der Waals surface area contributed by atoms with Crippen LogP contribution in [0.5, 0.6) is 11.5 Å². The molecule has 0 atom stereocenters. The molecule has 2 N–H and O–H groups in total. The molecule has 0 saturated carbocycles. The maximum atomic E-state index is 12.5. The quantitative estimate of drug-likeness (QED) is 0.495. The van der Waals surface area contributed by atoms with Crippen LogP contribution in [0.25, 0.3) is 5.69 Å². The van der Waals surface area contributed by atoms with Gasteiger partial charge in [0.2, 0.25) is 0 Å². The Bertz CT molecular complexity index is 1280. The smallest absolute Gasteiger partial charge is 0.324 e. The second-order valence-electron chi connectivity index (χ2n) is 7.30. The van der Waals surface area contributed by atoms with Gasteiger partial charge in [-0.1, -0.05) is 18.2 Å². The number of amides is 2. The average molecular weight is 425 g/mol. The van der Waals surface area contributed by atoms with Crippen molar-refractivity contribution in [1.82, 2.24) is 14.8 Å². The summed E-state index contributed by atoms with van der Waals surface area (Å²) in [4.78, 5) is 28.4. The Kier molecular flexibility index (Phi) is 5.09. The van der Waals surface area contributed by atoms with Crippen molar-refractivity contribution in [3.8, 4) is 17.2 Å². The van der Waals surface area contributed by atoms with Crippen LogP contribution in [0.3, 0.4) is 0 Å². The fraction of sp³-hybridized carbons (Fsp3) is 0.0833. The number of carbonyl (C=O) groups is 2. The standard InChI is InChI=1S/C24H19N5O3/c30-18-14-20-21(15-18)25-12-10-22(20)32-19-8-6-16(7-9-19)27-24(31)28-23-11-13-26-29(23)17-4-2-1-3-5-17/h1-13H,14-15H2,(H2,27,28,31). The van der Waals surface area contributed by atoms with E-state index in [2.05, 4.69) is 20.7 Å². The molecule has 0 bridgehead atoms. The third-order valence-corrected chi connectivity index (χ3v) is 5.07. The molecule has 5 rings (SSSR count). The minimum atomic E-state index is -0.387. The van der Waals surface area contributed by atoms with Crippen molar-refractivity contribution in [3.05, 3.63) is 90.4 Å². The topological polar surface area (TPSA) is 98.1 Å². The number of hydrogen-bond donors (Lipinski definition) is 2. The fourth-order valence-corrected chi connectivity index (χ4v) is 3.58. The molecule has 32 heavy (non-hydrogen) atoms. The maximum Gasteiger partial charge on any atom is 0.324 e. The Labute approximate surface area is 183 Å². The summed E-state index contributed by atoms with van der Waals surface area (Å²) in [6, 6.07) is 19.6. The molecule has 0 spiro atoms. The molecule has 0 fully saturated rings. The molecule has 8 heteroatoms. The summed E-state index contributed by atoms with van der Waals surface area (Å²) in [7, 11) is 0. The number of nitrogens with one attached hydrogen (secondary N) is 2. The van der Waals surface area contributed by atoms with Crippen molar-refractivity contribution in [2.24, 2.45) is 0 Å². The lowest BCUT2D eigenvalue weighted by molar-refractivity contribution is -0.117. The van der Waals surface area contributed by atoms with Crippen molar-refractivity contribution in [2.45, 2.75) is 12.8 Å². The zero-order valence-electron chi connectivity index (χ0n) is 17.0. The number of nitrogens with zero attached hydrogens (tertiary/aromatic N) is 3. The minimum Gasteiger partial charge on any atom is -0.457 e. The van der Waals surface area contributed by atoms with Crippen LogP contribution in [0, 0.1) is 0 Å². The number of aromatic nitrogens is 3. The number of hydrogen-bond acceptors (Lipinski definition) is 5. The SMILES string of the molecule is O=C1Cc2nccc(Oc3ccc(NC(=O)Nc4ccnn4-c4ccccc4)cc3)c2C1. The van der Waals surface area contributed by atoms with Gasteiger partial charge >= 0.3 is 6.03 Å². The lowest BCUT2D eigenvalue weighted by Crippen LogP contribution is -2.21. The molecule has 1 aliphatic rings. The number of para-hydroxylation sites is 1. The van der Waals surface area contributed by atoms with Gasteiger partial charge in [-0.05, 0) is 42.5 Å². The van der Waals surface area contributed by atoms with Crippen LogP contribution in [-0.2, 0) is 17.6 Å². The third-order valence-electron chi connectivity index (χ3n) is 5.07. The number of fused-ring (bicyclic) bond motifs is 1. The van der Waals surface area contributed by atoms with Crippen molar-refractivity contribution in [2.75, 3.05) is 10.6 Å². The Morgan fingerprint density at radius 1 is 0.906 bits per heavy atom. The second kappa shape index (κ2) is 8.35. The lowest BCUT2D eigenvalue weighted by atomic mass is 10.2. The second-order valence-corrected chi connectivity index (χ2v) is 7.30. The monoisotopic (exact) mass is 425 g/mol. The van der Waals surface area contributed by atoms with Gasteiger partial charge in [0.15, 0.2) is 0 Å². The van der Waals surface area contributed by atoms with Gasteiger partial charge in [-0.2, -0.15) is 5.10 Å². The normalized spacial score (nSPS) is 12.3. The third kappa shape index (κ3) is 4.06. The van der Waals surface area contributed by atoms with Gasteiger partial charge in [0, 0.05) is 36.4 Å². The summed E-state index contributed by atoms with van der Waals surface area (Å²) in [6.45, 7) is 0. The Morgan fingerprint density at radius 3 is 2.53 bits per heavy atom. The maximum absolute atomic E-state index is 12.5. The molecular formula is C24H19N5O3. The lowest BCUT2D eigenvalue weighted by Gasteiger charge is -2.12. The molecule has 2 amide bonds. The molecule has 0 unspecified atom stereocenters. The highest BCUT2D eigenvalue weighted by molar-refractivity contribution is 5.99. The molecule has 2 heterocycles. The number of urea groups is 1. The van der Waals surface area contributed by atoms with Crippen LogP contribution in [-0.4, -0.2) is 26.6 Å². The molecule has 0 aliphatic heterocycles. The van der Waals surface area contributed by atoms with E-state index in [0.717, 1.165) is 16.9 Å². The molecule has 2 aromatic carbocycles. The predicted octanol–water partition coefficient (Wildman–Crippen LogP) is 4.37. The van der Waals surface area contributed by atoms with Gasteiger partial charge in [0.05, 0.1) is 17.6 Å². The number of rotatable bonds is 5. The average Bonchev–Trinajstić information content (AvgIpc) is 3.42. The zero-order chi connectivity index (χ0) is 21.9. The van der Waals surface area contributed by atoms with Gasteiger partial charge in [0.1, 0.15) is 23.1 Å². The van der Waals surface area contributed by atoms with Gasteiger partial charge in [-0.25, -0.2) is 9.48 Å². The van der Waals surface area contributed by atoms with Gasteiger partial charge in [-0.15, -0.1) is 0 Å². The summed E-state index contributed by atoms with van der Waals surface area (Å²) in [5.41, 5.74) is 3.07. The van der Waals surface area contributed by atoms with Crippen LogP contribution in [0.4, 0.5) is 16.3 Å². The molecule has 0 radical (unpaired) electrons. The van der Waals surface area contributed by atoms with E-state index in [0.29, 0.717) is 35.8 Å². The van der Waals surface area contributed by atoms with E-state index in [-0.39, 0.29) is 11.8 Å². The van der Waals surface area contributed by atoms with Gasteiger partial charge < -0.3 is 10.1 Å². The van der Waals surface area contributed by atoms with E-state index >= 15 is 0 Å². The Hall–Kier alpha value is -4.46. The summed E-state index contributed by atoms with van der Waals surface area (Å²) >= 11 is 0. The van der Waals surface area contributed by atoms with Crippen LogP contribution in [0.2, 0.25) is 0 Å². The van der Waals surface area contributed by atoms with Gasteiger partial charge in [-0.3, -0.25) is 15.1 Å². The summed E-state index contributed by atoms with van der Waals surface area (Å²) < 4.78 is 7.59. The number of ketones is 1. The van der Waals surface area contributed by atoms with E-state index in [1.807, 2.05) is 30.3 Å². The van der Waals surface area contributed by atoms with Gasteiger partial charge in [0.25, 0.3) is 0 Å². The van der Waals surface area contributed by atoms with Crippen molar-refractivity contribution in [3.63, 3.8) is 0 Å². The minimum absolute atomic E-state index is 0.141. The highest BCUT2D eigenvalue weighted by Crippen LogP contribution is 2.31. The van der Waals surface area contributed by atoms with E-state index < -0.39 is 0 Å². The number of anilines is 2. The molecular weight excluding hydrogens is 406 g/mol. The highest BCUT2D eigenvalue weighted by atomic mass is 16.5. The largest absolute Gasteiger partial charge is 0.457 e.